The van der Waals surface area contributed by atoms with Gasteiger partial charge in [0.25, 0.3) is 22.2 Å². The van der Waals surface area contributed by atoms with Crippen molar-refractivity contribution in [2.45, 2.75) is 92.2 Å². The monoisotopic (exact) mass is 476 g/mol. The average molecular weight is 477 g/mol. The largest absolute Gasteiger partial charge is 0.274 e. The molecular weight excluding hydrogens is 442 g/mol. The number of aromatic nitrogens is 2. The molecule has 3 aromatic rings. The van der Waals surface area contributed by atoms with Gasteiger partial charge in [0.2, 0.25) is 0 Å². The van der Waals surface area contributed by atoms with E-state index in [4.69, 9.17) is 0 Å². The van der Waals surface area contributed by atoms with Gasteiger partial charge >= 0.3 is 0 Å². The van der Waals surface area contributed by atoms with Gasteiger partial charge in [-0.3, -0.25) is 28.3 Å². The van der Waals surface area contributed by atoms with Crippen LogP contribution in [0.2, 0.25) is 0 Å². The lowest BCUT2D eigenvalue weighted by Crippen LogP contribution is -2.30. The van der Waals surface area contributed by atoms with E-state index < -0.39 is 55.4 Å². The van der Waals surface area contributed by atoms with Crippen molar-refractivity contribution in [3.63, 3.8) is 0 Å². The molecule has 3 rings (SSSR count). The molecule has 34 heavy (non-hydrogen) atoms. The minimum absolute atomic E-state index is 0.00739. The van der Waals surface area contributed by atoms with E-state index >= 15 is 8.78 Å². The summed E-state index contributed by atoms with van der Waals surface area (Å²) in [5, 5.41) is -2.92. The molecule has 2 aromatic heterocycles. The molecule has 0 amide bonds. The molecular formula is C26H34F2N2O4. The zero-order valence-electron chi connectivity index (χ0n) is 20.5. The minimum atomic E-state index is -1.27. The summed E-state index contributed by atoms with van der Waals surface area (Å²) in [5.41, 5.74) is -3.77. The molecule has 0 radical (unpaired) electrons. The predicted molar refractivity (Wildman–Crippen MR) is 131 cm³/mol. The van der Waals surface area contributed by atoms with Crippen molar-refractivity contribution in [1.82, 2.24) is 9.13 Å². The van der Waals surface area contributed by atoms with Crippen LogP contribution in [0.1, 0.15) is 79.1 Å². The first-order chi connectivity index (χ1) is 16.2. The minimum Gasteiger partial charge on any atom is -0.274 e. The topological polar surface area (TPSA) is 78.1 Å². The first kappa shape index (κ1) is 26.0. The summed E-state index contributed by atoms with van der Waals surface area (Å²) < 4.78 is 32.8. The number of nitrogens with zero attached hydrogens (tertiary/aromatic N) is 2. The molecule has 0 saturated carbocycles. The Morgan fingerprint density at radius 1 is 0.588 bits per heavy atom. The summed E-state index contributed by atoms with van der Waals surface area (Å²) in [5.74, 6) is -2.52. The van der Waals surface area contributed by atoms with E-state index in [1.165, 1.54) is 0 Å². The van der Waals surface area contributed by atoms with E-state index in [1.807, 2.05) is 27.7 Å². The van der Waals surface area contributed by atoms with Gasteiger partial charge in [-0.1, -0.05) is 66.2 Å². The van der Waals surface area contributed by atoms with E-state index in [1.54, 1.807) is 0 Å². The number of unbranched alkanes of at least 4 members (excludes halogenated alkanes) is 2. The molecule has 6 nitrogen and oxygen atoms in total. The summed E-state index contributed by atoms with van der Waals surface area (Å²) in [4.78, 5) is 52.0. The SMILES string of the molecule is CCCCC(CC)Cn1c(=O)c2c(F)c3c(=O)n(CC(CC)CCCC)c(=O)c3c(F)c2c1=O. The van der Waals surface area contributed by atoms with Crippen LogP contribution in [-0.4, -0.2) is 9.13 Å². The molecule has 2 heterocycles. The number of benzene rings is 1. The molecule has 2 atom stereocenters. The maximum atomic E-state index is 15.5. The number of rotatable bonds is 12. The number of halogens is 2. The fraction of sp³-hybridized carbons (Fsp3) is 0.615. The van der Waals surface area contributed by atoms with Crippen molar-refractivity contribution < 1.29 is 8.78 Å². The zero-order chi connectivity index (χ0) is 25.2. The summed E-state index contributed by atoms with van der Waals surface area (Å²) in [6, 6.07) is 0. The lowest BCUT2D eigenvalue weighted by molar-refractivity contribution is 0.383. The Morgan fingerprint density at radius 2 is 0.882 bits per heavy atom. The molecule has 0 aliphatic heterocycles. The second-order valence-electron chi connectivity index (χ2n) is 9.40. The van der Waals surface area contributed by atoms with E-state index in [-0.39, 0.29) is 24.9 Å². The molecule has 0 N–H and O–H groups in total. The van der Waals surface area contributed by atoms with Crippen LogP contribution in [0.15, 0.2) is 19.2 Å². The second-order valence-corrected chi connectivity index (χ2v) is 9.40. The fourth-order valence-electron chi connectivity index (χ4n) is 4.90. The van der Waals surface area contributed by atoms with Crippen LogP contribution in [0, 0.1) is 23.5 Å². The Balaban J connectivity index is 2.22. The van der Waals surface area contributed by atoms with Gasteiger partial charge in [0.15, 0.2) is 11.6 Å². The van der Waals surface area contributed by atoms with E-state index in [9.17, 15) is 19.2 Å². The Labute approximate surface area is 196 Å². The van der Waals surface area contributed by atoms with Crippen LogP contribution in [0.5, 0.6) is 0 Å². The lowest BCUT2D eigenvalue weighted by Gasteiger charge is -2.14. The van der Waals surface area contributed by atoms with Crippen molar-refractivity contribution in [2.24, 2.45) is 11.8 Å². The first-order valence-electron chi connectivity index (χ1n) is 12.5. The summed E-state index contributed by atoms with van der Waals surface area (Å²) in [7, 11) is 0. The smallest absolute Gasteiger partial charge is 0.264 e. The van der Waals surface area contributed by atoms with Crippen LogP contribution in [0.4, 0.5) is 8.78 Å². The number of fused-ring (bicyclic) bond motifs is 2. The molecule has 2 unspecified atom stereocenters. The third kappa shape index (κ3) is 4.39. The Hall–Kier alpha value is -2.64. The maximum Gasteiger partial charge on any atom is 0.264 e. The Kier molecular flexibility index (Phi) is 8.21. The van der Waals surface area contributed by atoms with Gasteiger partial charge < -0.3 is 0 Å². The van der Waals surface area contributed by atoms with Gasteiger partial charge in [-0.2, -0.15) is 0 Å². The van der Waals surface area contributed by atoms with E-state index in [0.717, 1.165) is 47.7 Å². The molecule has 8 heteroatoms. The highest BCUT2D eigenvalue weighted by Crippen LogP contribution is 2.25. The van der Waals surface area contributed by atoms with Gasteiger partial charge in [-0.15, -0.1) is 0 Å². The van der Waals surface area contributed by atoms with Crippen molar-refractivity contribution >= 4 is 21.5 Å². The van der Waals surface area contributed by atoms with E-state index in [0.29, 0.717) is 12.8 Å². The van der Waals surface area contributed by atoms with Crippen molar-refractivity contribution in [3.8, 4) is 0 Å². The lowest BCUT2D eigenvalue weighted by atomic mass is 9.99. The molecule has 0 saturated heterocycles. The van der Waals surface area contributed by atoms with E-state index in [2.05, 4.69) is 0 Å². The van der Waals surface area contributed by atoms with Crippen LogP contribution in [0.25, 0.3) is 21.5 Å². The molecule has 0 fully saturated rings. The quantitative estimate of drug-likeness (QED) is 0.382. The Morgan fingerprint density at radius 3 is 1.12 bits per heavy atom. The summed E-state index contributed by atoms with van der Waals surface area (Å²) in [6.45, 7) is 8.04. The van der Waals surface area contributed by atoms with Crippen molar-refractivity contribution in [2.75, 3.05) is 0 Å². The standard InChI is InChI=1S/C26H34F2N2O4/c1-5-9-11-15(7-3)13-29-23(31)17-18(24(29)32)22(28)20-19(21(17)27)25(33)30(26(20)34)14-16(8-4)12-10-6-2/h15-16H,5-14H2,1-4H3. The van der Waals surface area contributed by atoms with Gasteiger partial charge in [-0.25, -0.2) is 8.78 Å². The zero-order valence-corrected chi connectivity index (χ0v) is 20.5. The molecule has 186 valence electrons. The highest BCUT2D eigenvalue weighted by atomic mass is 19.1. The maximum absolute atomic E-state index is 15.5. The van der Waals surface area contributed by atoms with Crippen LogP contribution >= 0.6 is 0 Å². The van der Waals surface area contributed by atoms with Crippen molar-refractivity contribution in [3.05, 3.63) is 53.0 Å². The van der Waals surface area contributed by atoms with Crippen LogP contribution in [-0.2, 0) is 13.1 Å². The molecule has 0 aliphatic rings. The van der Waals surface area contributed by atoms with Gasteiger partial charge in [0, 0.05) is 13.1 Å². The van der Waals surface area contributed by atoms with Crippen LogP contribution in [0.3, 0.4) is 0 Å². The molecule has 0 bridgehead atoms. The van der Waals surface area contributed by atoms with Crippen LogP contribution < -0.4 is 22.2 Å². The molecule has 1 aromatic carbocycles. The number of hydrogen-bond donors (Lipinski definition) is 0. The van der Waals surface area contributed by atoms with Gasteiger partial charge in [0.1, 0.15) is 0 Å². The predicted octanol–water partition coefficient (Wildman–Crippen LogP) is 4.62. The number of hydrogen-bond acceptors (Lipinski definition) is 4. The second kappa shape index (κ2) is 10.7. The van der Waals surface area contributed by atoms with Crippen molar-refractivity contribution in [1.29, 1.82) is 0 Å². The molecule has 0 aliphatic carbocycles. The molecule has 0 spiro atoms. The average Bonchev–Trinajstić information content (AvgIpc) is 3.22. The van der Waals surface area contributed by atoms with Gasteiger partial charge in [0.05, 0.1) is 21.5 Å². The summed E-state index contributed by atoms with van der Waals surface area (Å²) in [6.07, 6.45) is 6.70. The third-order valence-electron chi connectivity index (χ3n) is 7.18. The Bertz CT molecular complexity index is 1190. The third-order valence-corrected chi connectivity index (χ3v) is 7.18. The fourth-order valence-corrected chi connectivity index (χ4v) is 4.90. The normalized spacial score (nSPS) is 13.8. The first-order valence-corrected chi connectivity index (χ1v) is 12.5. The van der Waals surface area contributed by atoms with Gasteiger partial charge in [-0.05, 0) is 24.7 Å². The highest BCUT2D eigenvalue weighted by Gasteiger charge is 2.30. The highest BCUT2D eigenvalue weighted by molar-refractivity contribution is 5.99. The summed E-state index contributed by atoms with van der Waals surface area (Å²) >= 11 is 0.